The van der Waals surface area contributed by atoms with E-state index in [4.69, 9.17) is 4.74 Å². The monoisotopic (exact) mass is 478 g/mol. The molecule has 0 radical (unpaired) electrons. The van der Waals surface area contributed by atoms with E-state index in [1.807, 2.05) is 22.9 Å². The second-order valence-corrected chi connectivity index (χ2v) is 7.96. The molecule has 0 fully saturated rings. The molecule has 2 aromatic heterocycles. The lowest BCUT2D eigenvalue weighted by Crippen LogP contribution is -2.33. The molecule has 2 heterocycles. The van der Waals surface area contributed by atoms with Gasteiger partial charge in [-0.25, -0.2) is 18.7 Å². The number of carbonyl (C=O) groups is 1. The fourth-order valence-electron chi connectivity index (χ4n) is 3.23. The first-order chi connectivity index (χ1) is 15.0. The number of aryl methyl sites for hydroxylation is 1. The number of imidazole rings is 1. The summed E-state index contributed by atoms with van der Waals surface area (Å²) in [4.78, 5) is 23.0. The summed E-state index contributed by atoms with van der Waals surface area (Å²) in [6.07, 6.45) is 6.05. The third kappa shape index (κ3) is 5.41. The molecule has 0 bridgehead atoms. The van der Waals surface area contributed by atoms with Crippen molar-refractivity contribution >= 4 is 45.0 Å². The minimum Gasteiger partial charge on any atom is -0.497 e. The second-order valence-electron chi connectivity index (χ2n) is 6.96. The first kappa shape index (κ1) is 23.6. The highest BCUT2D eigenvalue weighted by atomic mass is 35.5. The molecule has 0 spiro atoms. The third-order valence-electron chi connectivity index (χ3n) is 4.81. The normalized spacial score (nSPS) is 10.7. The first-order valence-corrected chi connectivity index (χ1v) is 10.5. The Balaban J connectivity index is 0.00000289. The lowest BCUT2D eigenvalue weighted by molar-refractivity contribution is -0.118. The van der Waals surface area contributed by atoms with Gasteiger partial charge in [0.1, 0.15) is 17.1 Å². The van der Waals surface area contributed by atoms with E-state index in [0.717, 1.165) is 23.0 Å². The van der Waals surface area contributed by atoms with Gasteiger partial charge in [0.05, 0.1) is 24.6 Å². The molecule has 0 saturated carbocycles. The standard InChI is InChI=1S/C22H20F2N4O2S.ClH/c1-30-17-5-3-15(4-6-17)11-20(29)28(9-2-8-27-10-7-25-14-27)22-26-21-18(24)12-16(23)13-19(21)31-22;/h3-7,10,12-14H,2,8-9,11H2,1H3;1H. The fourth-order valence-corrected chi connectivity index (χ4v) is 4.28. The third-order valence-corrected chi connectivity index (χ3v) is 5.83. The van der Waals surface area contributed by atoms with Crippen molar-refractivity contribution in [1.82, 2.24) is 14.5 Å². The summed E-state index contributed by atoms with van der Waals surface area (Å²) >= 11 is 1.10. The van der Waals surface area contributed by atoms with E-state index in [2.05, 4.69) is 9.97 Å². The van der Waals surface area contributed by atoms with E-state index in [1.54, 1.807) is 36.7 Å². The molecule has 4 rings (SSSR count). The van der Waals surface area contributed by atoms with Crippen LogP contribution >= 0.6 is 23.7 Å². The highest BCUT2D eigenvalue weighted by molar-refractivity contribution is 7.22. The number of halogens is 3. The van der Waals surface area contributed by atoms with Crippen molar-refractivity contribution in [2.24, 2.45) is 0 Å². The summed E-state index contributed by atoms with van der Waals surface area (Å²) in [5.74, 6) is -0.873. The van der Waals surface area contributed by atoms with Gasteiger partial charge in [-0.2, -0.15) is 0 Å². The summed E-state index contributed by atoms with van der Waals surface area (Å²) < 4.78 is 35.2. The Morgan fingerprint density at radius 3 is 2.69 bits per heavy atom. The van der Waals surface area contributed by atoms with Gasteiger partial charge in [0.15, 0.2) is 10.9 Å². The molecule has 0 saturated heterocycles. The van der Waals surface area contributed by atoms with E-state index in [1.165, 1.54) is 6.07 Å². The zero-order chi connectivity index (χ0) is 21.8. The maximum absolute atomic E-state index is 14.2. The number of carbonyl (C=O) groups excluding carboxylic acids is 1. The van der Waals surface area contributed by atoms with Crippen molar-refractivity contribution in [3.8, 4) is 5.75 Å². The molecule has 1 amide bonds. The van der Waals surface area contributed by atoms with Gasteiger partial charge in [-0.1, -0.05) is 23.5 Å². The molecule has 0 unspecified atom stereocenters. The molecule has 2 aromatic carbocycles. The van der Waals surface area contributed by atoms with Crippen LogP contribution < -0.4 is 9.64 Å². The lowest BCUT2D eigenvalue weighted by atomic mass is 10.1. The Kier molecular flexibility index (Phi) is 7.76. The zero-order valence-electron chi connectivity index (χ0n) is 17.2. The van der Waals surface area contributed by atoms with Crippen LogP contribution in [0.3, 0.4) is 0 Å². The number of hydrogen-bond donors (Lipinski definition) is 0. The lowest BCUT2D eigenvalue weighted by Gasteiger charge is -2.20. The van der Waals surface area contributed by atoms with Crippen molar-refractivity contribution in [3.63, 3.8) is 0 Å². The molecule has 0 aliphatic heterocycles. The second kappa shape index (κ2) is 10.5. The van der Waals surface area contributed by atoms with Crippen LogP contribution in [-0.4, -0.2) is 34.1 Å². The van der Waals surface area contributed by atoms with Crippen molar-refractivity contribution < 1.29 is 18.3 Å². The maximum atomic E-state index is 14.2. The van der Waals surface area contributed by atoms with Crippen molar-refractivity contribution in [3.05, 3.63) is 72.3 Å². The van der Waals surface area contributed by atoms with Gasteiger partial charge in [0.25, 0.3) is 0 Å². The highest BCUT2D eigenvalue weighted by Crippen LogP contribution is 2.31. The molecule has 10 heteroatoms. The van der Waals surface area contributed by atoms with Gasteiger partial charge in [-0.15, -0.1) is 12.4 Å². The number of anilines is 1. The molecule has 0 atom stereocenters. The number of methoxy groups -OCH3 is 1. The Labute approximate surface area is 193 Å². The number of fused-ring (bicyclic) bond motifs is 1. The average molecular weight is 479 g/mol. The quantitative estimate of drug-likeness (QED) is 0.362. The number of rotatable bonds is 8. The number of nitrogens with zero attached hydrogens (tertiary/aromatic N) is 4. The van der Waals surface area contributed by atoms with E-state index in [-0.39, 0.29) is 30.3 Å². The summed E-state index contributed by atoms with van der Waals surface area (Å²) in [5, 5.41) is 0.351. The average Bonchev–Trinajstić information content (AvgIpc) is 3.41. The van der Waals surface area contributed by atoms with Crippen LogP contribution in [0, 0.1) is 11.6 Å². The van der Waals surface area contributed by atoms with Gasteiger partial charge in [0.2, 0.25) is 5.91 Å². The summed E-state index contributed by atoms with van der Waals surface area (Å²) in [7, 11) is 1.58. The SMILES string of the molecule is COc1ccc(CC(=O)N(CCCn2ccnc2)c2nc3c(F)cc(F)cc3s2)cc1.Cl. The van der Waals surface area contributed by atoms with Crippen molar-refractivity contribution in [1.29, 1.82) is 0 Å². The molecular formula is C22H21ClF2N4O2S. The Morgan fingerprint density at radius 1 is 1.22 bits per heavy atom. The maximum Gasteiger partial charge on any atom is 0.233 e. The van der Waals surface area contributed by atoms with Crippen LogP contribution in [-0.2, 0) is 17.8 Å². The van der Waals surface area contributed by atoms with E-state index in [0.29, 0.717) is 35.1 Å². The zero-order valence-corrected chi connectivity index (χ0v) is 18.8. The Hall–Kier alpha value is -3.04. The van der Waals surface area contributed by atoms with Gasteiger partial charge < -0.3 is 9.30 Å². The van der Waals surface area contributed by atoms with Crippen LogP contribution in [0.5, 0.6) is 5.75 Å². The van der Waals surface area contributed by atoms with Gasteiger partial charge in [-0.05, 0) is 30.2 Å². The number of amides is 1. The minimum absolute atomic E-state index is 0. The summed E-state index contributed by atoms with van der Waals surface area (Å²) in [6.45, 7) is 1.05. The Bertz CT molecular complexity index is 1180. The van der Waals surface area contributed by atoms with Crippen LogP contribution in [0.4, 0.5) is 13.9 Å². The molecule has 0 aliphatic rings. The smallest absolute Gasteiger partial charge is 0.233 e. The Morgan fingerprint density at radius 2 is 2.00 bits per heavy atom. The predicted octanol–water partition coefficient (Wildman–Crippen LogP) is 4.87. The highest BCUT2D eigenvalue weighted by Gasteiger charge is 2.21. The van der Waals surface area contributed by atoms with Crippen LogP contribution in [0.15, 0.2) is 55.1 Å². The van der Waals surface area contributed by atoms with Gasteiger partial charge >= 0.3 is 0 Å². The summed E-state index contributed by atoms with van der Waals surface area (Å²) in [6, 6.07) is 9.27. The van der Waals surface area contributed by atoms with E-state index >= 15 is 0 Å². The number of thiazole rings is 1. The number of ether oxygens (including phenoxy) is 1. The van der Waals surface area contributed by atoms with Crippen molar-refractivity contribution in [2.75, 3.05) is 18.6 Å². The molecule has 0 N–H and O–H groups in total. The largest absolute Gasteiger partial charge is 0.497 e. The molecule has 0 aliphatic carbocycles. The topological polar surface area (TPSA) is 60.2 Å². The van der Waals surface area contributed by atoms with Crippen LogP contribution in [0.2, 0.25) is 0 Å². The molecular weight excluding hydrogens is 458 g/mol. The molecule has 32 heavy (non-hydrogen) atoms. The van der Waals surface area contributed by atoms with E-state index in [9.17, 15) is 13.6 Å². The number of hydrogen-bond acceptors (Lipinski definition) is 5. The molecule has 4 aromatic rings. The number of aromatic nitrogens is 3. The van der Waals surface area contributed by atoms with Gasteiger partial charge in [0, 0.05) is 31.5 Å². The van der Waals surface area contributed by atoms with Crippen molar-refractivity contribution in [2.45, 2.75) is 19.4 Å². The predicted molar refractivity (Wildman–Crippen MR) is 123 cm³/mol. The molecule has 168 valence electrons. The van der Waals surface area contributed by atoms with Gasteiger partial charge in [-0.3, -0.25) is 9.69 Å². The fraction of sp³-hybridized carbons (Fsp3) is 0.227. The number of benzene rings is 2. The van der Waals surface area contributed by atoms with E-state index < -0.39 is 11.6 Å². The minimum atomic E-state index is -0.738. The first-order valence-electron chi connectivity index (χ1n) is 9.68. The van der Waals surface area contributed by atoms with Crippen LogP contribution in [0.1, 0.15) is 12.0 Å². The van der Waals surface area contributed by atoms with Crippen LogP contribution in [0.25, 0.3) is 10.2 Å². The summed E-state index contributed by atoms with van der Waals surface area (Å²) in [5.41, 5.74) is 0.891. The molecule has 6 nitrogen and oxygen atoms in total.